The first-order chi connectivity index (χ1) is 9.29. The quantitative estimate of drug-likeness (QED) is 0.631. The maximum atomic E-state index is 5.94. The van der Waals surface area contributed by atoms with Gasteiger partial charge in [0.2, 0.25) is 0 Å². The summed E-state index contributed by atoms with van der Waals surface area (Å²) in [5.74, 6) is 1.62. The van der Waals surface area contributed by atoms with Crippen LogP contribution in [0.25, 0.3) is 0 Å². The minimum atomic E-state index is 0.741. The lowest BCUT2D eigenvalue weighted by molar-refractivity contribution is 0.113. The molecule has 1 saturated carbocycles. The van der Waals surface area contributed by atoms with Crippen LogP contribution in [0.3, 0.4) is 0 Å². The van der Waals surface area contributed by atoms with Gasteiger partial charge in [0.15, 0.2) is 0 Å². The molecule has 0 N–H and O–H groups in total. The highest BCUT2D eigenvalue weighted by atomic mass is 35.5. The normalized spacial score (nSPS) is 23.5. The Labute approximate surface area is 122 Å². The molecule has 19 heavy (non-hydrogen) atoms. The fourth-order valence-electron chi connectivity index (χ4n) is 3.02. The van der Waals surface area contributed by atoms with E-state index >= 15 is 0 Å². The van der Waals surface area contributed by atoms with E-state index in [9.17, 15) is 0 Å². The van der Waals surface area contributed by atoms with Crippen LogP contribution in [0.1, 0.15) is 56.9 Å². The van der Waals surface area contributed by atoms with Crippen molar-refractivity contribution in [2.45, 2.75) is 51.4 Å². The highest BCUT2D eigenvalue weighted by Crippen LogP contribution is 2.37. The average molecular weight is 281 g/mol. The van der Waals surface area contributed by atoms with Gasteiger partial charge in [0.05, 0.1) is 0 Å². The molecule has 0 atom stereocenters. The minimum Gasteiger partial charge on any atom is -0.381 e. The van der Waals surface area contributed by atoms with Crippen LogP contribution in [-0.4, -0.2) is 13.2 Å². The molecule has 1 aromatic rings. The lowest BCUT2D eigenvalue weighted by atomic mass is 9.78. The van der Waals surface area contributed by atoms with Gasteiger partial charge in [-0.05, 0) is 68.1 Å². The van der Waals surface area contributed by atoms with Crippen molar-refractivity contribution in [1.82, 2.24) is 0 Å². The largest absolute Gasteiger partial charge is 0.381 e. The molecule has 2 heteroatoms. The molecule has 1 aromatic carbocycles. The molecule has 0 spiro atoms. The Morgan fingerprint density at radius 1 is 1.05 bits per heavy atom. The van der Waals surface area contributed by atoms with Gasteiger partial charge in [0.1, 0.15) is 0 Å². The average Bonchev–Trinajstić information content (AvgIpc) is 2.45. The van der Waals surface area contributed by atoms with E-state index in [4.69, 9.17) is 16.3 Å². The number of hydrogen-bond acceptors (Lipinski definition) is 1. The first-order valence-corrected chi connectivity index (χ1v) is 8.00. The van der Waals surface area contributed by atoms with Crippen LogP contribution in [-0.2, 0) is 4.74 Å². The Morgan fingerprint density at radius 3 is 2.37 bits per heavy atom. The summed E-state index contributed by atoms with van der Waals surface area (Å²) >= 11 is 5.94. The van der Waals surface area contributed by atoms with Gasteiger partial charge in [-0.2, -0.15) is 0 Å². The summed E-state index contributed by atoms with van der Waals surface area (Å²) in [5, 5.41) is 0.838. The number of benzene rings is 1. The summed E-state index contributed by atoms with van der Waals surface area (Å²) < 4.78 is 5.60. The van der Waals surface area contributed by atoms with Crippen LogP contribution in [0.5, 0.6) is 0 Å². The Balaban J connectivity index is 1.71. The van der Waals surface area contributed by atoms with Gasteiger partial charge < -0.3 is 4.74 Å². The van der Waals surface area contributed by atoms with E-state index in [1.165, 1.54) is 37.7 Å². The van der Waals surface area contributed by atoms with Crippen molar-refractivity contribution < 1.29 is 4.74 Å². The first-order valence-electron chi connectivity index (χ1n) is 7.62. The van der Waals surface area contributed by atoms with Crippen LogP contribution in [0.4, 0.5) is 0 Å². The van der Waals surface area contributed by atoms with E-state index in [2.05, 4.69) is 19.1 Å². The fourth-order valence-corrected chi connectivity index (χ4v) is 3.14. The maximum absolute atomic E-state index is 5.94. The van der Waals surface area contributed by atoms with Crippen LogP contribution < -0.4 is 0 Å². The molecule has 106 valence electrons. The van der Waals surface area contributed by atoms with E-state index < -0.39 is 0 Å². The Morgan fingerprint density at radius 2 is 1.74 bits per heavy atom. The number of ether oxygens (including phenoxy) is 1. The Hall–Kier alpha value is -0.530. The predicted molar refractivity (Wildman–Crippen MR) is 81.9 cm³/mol. The smallest absolute Gasteiger partial charge is 0.0468 e. The molecule has 1 nitrogen and oxygen atoms in total. The minimum absolute atomic E-state index is 0.741. The zero-order valence-electron chi connectivity index (χ0n) is 11.9. The number of rotatable bonds is 6. The molecular formula is C17H25ClO. The second-order valence-electron chi connectivity index (χ2n) is 5.67. The first kappa shape index (κ1) is 14.9. The summed E-state index contributed by atoms with van der Waals surface area (Å²) in [4.78, 5) is 0. The summed E-state index contributed by atoms with van der Waals surface area (Å²) in [7, 11) is 0. The molecule has 2 rings (SSSR count). The standard InChI is InChI=1S/C17H25ClO/c1-2-12-19-13-11-14-3-5-15(6-4-14)16-7-9-17(18)10-8-16/h7-10,14-15H,2-6,11-13H2,1H3. The highest BCUT2D eigenvalue weighted by molar-refractivity contribution is 6.30. The van der Waals surface area contributed by atoms with E-state index in [1.807, 2.05) is 12.1 Å². The molecule has 0 saturated heterocycles. The van der Waals surface area contributed by atoms with E-state index in [1.54, 1.807) is 0 Å². The van der Waals surface area contributed by atoms with E-state index in [0.29, 0.717) is 0 Å². The number of halogens is 1. The Kier molecular flexibility index (Phi) is 6.19. The molecule has 0 heterocycles. The van der Waals surface area contributed by atoms with Gasteiger partial charge in [0.25, 0.3) is 0 Å². The summed E-state index contributed by atoms with van der Waals surface area (Å²) in [6.07, 6.45) is 7.71. The lowest BCUT2D eigenvalue weighted by Gasteiger charge is -2.28. The van der Waals surface area contributed by atoms with Crippen LogP contribution in [0.2, 0.25) is 5.02 Å². The molecule has 0 bridgehead atoms. The van der Waals surface area contributed by atoms with Crippen molar-refractivity contribution >= 4 is 11.6 Å². The van der Waals surface area contributed by atoms with Gasteiger partial charge >= 0.3 is 0 Å². The van der Waals surface area contributed by atoms with Crippen molar-refractivity contribution in [3.05, 3.63) is 34.9 Å². The van der Waals surface area contributed by atoms with Crippen molar-refractivity contribution in [2.75, 3.05) is 13.2 Å². The van der Waals surface area contributed by atoms with Gasteiger partial charge in [0, 0.05) is 18.2 Å². The van der Waals surface area contributed by atoms with Crippen molar-refractivity contribution in [3.63, 3.8) is 0 Å². The molecule has 1 aliphatic rings. The number of hydrogen-bond donors (Lipinski definition) is 0. The van der Waals surface area contributed by atoms with Gasteiger partial charge in [-0.3, -0.25) is 0 Å². The Bertz CT molecular complexity index is 352. The molecule has 1 fully saturated rings. The molecule has 0 radical (unpaired) electrons. The van der Waals surface area contributed by atoms with Crippen LogP contribution in [0, 0.1) is 5.92 Å². The van der Waals surface area contributed by atoms with Crippen molar-refractivity contribution in [1.29, 1.82) is 0 Å². The highest BCUT2D eigenvalue weighted by Gasteiger charge is 2.21. The summed E-state index contributed by atoms with van der Waals surface area (Å²) in [6, 6.07) is 8.42. The topological polar surface area (TPSA) is 9.23 Å². The van der Waals surface area contributed by atoms with Gasteiger partial charge in [-0.1, -0.05) is 30.7 Å². The fraction of sp³-hybridized carbons (Fsp3) is 0.647. The second-order valence-corrected chi connectivity index (χ2v) is 6.11. The summed E-state index contributed by atoms with van der Waals surface area (Å²) in [6.45, 7) is 4.03. The zero-order valence-corrected chi connectivity index (χ0v) is 12.7. The molecule has 0 aliphatic heterocycles. The third-order valence-electron chi connectivity index (χ3n) is 4.21. The third-order valence-corrected chi connectivity index (χ3v) is 4.46. The molecule has 1 aliphatic carbocycles. The molecule has 0 aromatic heterocycles. The van der Waals surface area contributed by atoms with Crippen molar-refractivity contribution in [3.8, 4) is 0 Å². The van der Waals surface area contributed by atoms with Crippen molar-refractivity contribution in [2.24, 2.45) is 5.92 Å². The molecule has 0 amide bonds. The zero-order chi connectivity index (χ0) is 13.5. The summed E-state index contributed by atoms with van der Waals surface area (Å²) in [5.41, 5.74) is 1.46. The van der Waals surface area contributed by atoms with Gasteiger partial charge in [-0.15, -0.1) is 0 Å². The van der Waals surface area contributed by atoms with E-state index in [-0.39, 0.29) is 0 Å². The third kappa shape index (κ3) is 4.81. The maximum Gasteiger partial charge on any atom is 0.0468 e. The van der Waals surface area contributed by atoms with E-state index in [0.717, 1.165) is 36.5 Å². The van der Waals surface area contributed by atoms with Crippen LogP contribution in [0.15, 0.2) is 24.3 Å². The predicted octanol–water partition coefficient (Wildman–Crippen LogP) is 5.43. The molecule has 0 unspecified atom stereocenters. The van der Waals surface area contributed by atoms with Gasteiger partial charge in [-0.25, -0.2) is 0 Å². The van der Waals surface area contributed by atoms with Crippen LogP contribution >= 0.6 is 11.6 Å². The molecular weight excluding hydrogens is 256 g/mol. The second kappa shape index (κ2) is 7.91. The SMILES string of the molecule is CCCOCCC1CCC(c2ccc(Cl)cc2)CC1. The monoisotopic (exact) mass is 280 g/mol. The lowest BCUT2D eigenvalue weighted by Crippen LogP contribution is -2.15.